The molecule has 0 aromatic heterocycles. The molecule has 1 aromatic rings. The van der Waals surface area contributed by atoms with E-state index in [9.17, 15) is 9.18 Å². The molecule has 5 heteroatoms. The van der Waals surface area contributed by atoms with Crippen molar-refractivity contribution in [1.82, 2.24) is 4.90 Å². The summed E-state index contributed by atoms with van der Waals surface area (Å²) in [6.07, 6.45) is 0. The van der Waals surface area contributed by atoms with E-state index in [4.69, 9.17) is 0 Å². The van der Waals surface area contributed by atoms with Crippen molar-refractivity contribution in [2.24, 2.45) is 0 Å². The molecule has 0 spiro atoms. The summed E-state index contributed by atoms with van der Waals surface area (Å²) in [6, 6.07) is 4.23. The fraction of sp³-hybridized carbons (Fsp3) is 0.364. The molecular weight excluding hydrogens is 388 g/mol. The molecule has 0 atom stereocenters. The molecular formula is C11H12BrFINO. The fourth-order valence-electron chi connectivity index (χ4n) is 1.34. The highest BCUT2D eigenvalue weighted by Gasteiger charge is 2.16. The predicted octanol–water partition coefficient (Wildman–Crippen LogP) is 3.29. The molecule has 0 radical (unpaired) electrons. The topological polar surface area (TPSA) is 20.3 Å². The molecule has 0 saturated heterocycles. The third kappa shape index (κ3) is 3.41. The second-order valence-corrected chi connectivity index (χ2v) is 5.15. The normalized spacial score (nSPS) is 10.2. The van der Waals surface area contributed by atoms with Gasteiger partial charge in [-0.25, -0.2) is 4.39 Å². The number of hydrogen-bond donors (Lipinski definition) is 0. The zero-order valence-electron chi connectivity index (χ0n) is 8.84. The van der Waals surface area contributed by atoms with Crippen LogP contribution in [0.2, 0.25) is 0 Å². The summed E-state index contributed by atoms with van der Waals surface area (Å²) in [7, 11) is 0. The van der Waals surface area contributed by atoms with Gasteiger partial charge in [0.2, 0.25) is 0 Å². The Balaban J connectivity index is 2.94. The van der Waals surface area contributed by atoms with Crippen LogP contribution in [0.1, 0.15) is 17.3 Å². The summed E-state index contributed by atoms with van der Waals surface area (Å²) < 4.78 is 13.6. The lowest BCUT2D eigenvalue weighted by Crippen LogP contribution is -2.32. The number of rotatable bonds is 4. The number of carbonyl (C=O) groups excluding carboxylic acids is 1. The van der Waals surface area contributed by atoms with Crippen LogP contribution in [0.25, 0.3) is 0 Å². The summed E-state index contributed by atoms with van der Waals surface area (Å²) in [5, 5.41) is 0.740. The van der Waals surface area contributed by atoms with Gasteiger partial charge in [-0.15, -0.1) is 0 Å². The minimum Gasteiger partial charge on any atom is -0.338 e. The van der Waals surface area contributed by atoms with Gasteiger partial charge in [-0.2, -0.15) is 0 Å². The van der Waals surface area contributed by atoms with Gasteiger partial charge in [-0.1, -0.05) is 15.9 Å². The van der Waals surface area contributed by atoms with E-state index in [0.717, 1.165) is 5.33 Å². The van der Waals surface area contributed by atoms with Crippen molar-refractivity contribution < 1.29 is 9.18 Å². The molecule has 0 heterocycles. The Labute approximate surface area is 116 Å². The smallest absolute Gasteiger partial charge is 0.254 e. The molecule has 0 aliphatic rings. The quantitative estimate of drug-likeness (QED) is 0.562. The molecule has 1 aromatic carbocycles. The van der Waals surface area contributed by atoms with Crippen LogP contribution in [-0.4, -0.2) is 29.2 Å². The average molecular weight is 400 g/mol. The van der Waals surface area contributed by atoms with Crippen molar-refractivity contribution in [2.75, 3.05) is 18.4 Å². The maximum atomic E-state index is 12.9. The Morgan fingerprint density at radius 1 is 1.56 bits per heavy atom. The van der Waals surface area contributed by atoms with E-state index in [-0.39, 0.29) is 11.7 Å². The number of alkyl halides is 1. The lowest BCUT2D eigenvalue weighted by molar-refractivity contribution is 0.0774. The SMILES string of the molecule is CCN(CCBr)C(=O)c1ccc(F)cc1I. The first-order valence-corrected chi connectivity index (χ1v) is 7.10. The monoisotopic (exact) mass is 399 g/mol. The summed E-state index contributed by atoms with van der Waals surface area (Å²) in [5.74, 6) is -0.365. The highest BCUT2D eigenvalue weighted by Crippen LogP contribution is 2.16. The third-order valence-corrected chi connectivity index (χ3v) is 3.43. The van der Waals surface area contributed by atoms with Crippen molar-refractivity contribution >= 4 is 44.4 Å². The van der Waals surface area contributed by atoms with Gasteiger partial charge in [-0.05, 0) is 47.7 Å². The van der Waals surface area contributed by atoms with Gasteiger partial charge in [0.05, 0.1) is 5.56 Å². The third-order valence-electron chi connectivity index (χ3n) is 2.18. The number of benzene rings is 1. The van der Waals surface area contributed by atoms with Crippen LogP contribution in [0.3, 0.4) is 0 Å². The van der Waals surface area contributed by atoms with E-state index in [2.05, 4.69) is 15.9 Å². The van der Waals surface area contributed by atoms with Gasteiger partial charge in [0.25, 0.3) is 5.91 Å². The first-order valence-electron chi connectivity index (χ1n) is 4.90. The van der Waals surface area contributed by atoms with Gasteiger partial charge >= 0.3 is 0 Å². The Morgan fingerprint density at radius 2 is 2.25 bits per heavy atom. The Bertz CT molecular complexity index is 386. The van der Waals surface area contributed by atoms with Crippen LogP contribution in [0.5, 0.6) is 0 Å². The average Bonchev–Trinajstić information content (AvgIpc) is 2.25. The molecule has 0 aliphatic heterocycles. The maximum Gasteiger partial charge on any atom is 0.254 e. The molecule has 0 saturated carbocycles. The van der Waals surface area contributed by atoms with Crippen molar-refractivity contribution in [1.29, 1.82) is 0 Å². The van der Waals surface area contributed by atoms with E-state index in [0.29, 0.717) is 22.2 Å². The Kier molecular flexibility index (Phi) is 5.68. The van der Waals surface area contributed by atoms with E-state index in [1.807, 2.05) is 29.5 Å². The minimum absolute atomic E-state index is 0.0497. The first kappa shape index (κ1) is 13.9. The second kappa shape index (κ2) is 6.54. The van der Waals surface area contributed by atoms with Crippen molar-refractivity contribution in [3.63, 3.8) is 0 Å². The van der Waals surface area contributed by atoms with Crippen LogP contribution in [0.4, 0.5) is 4.39 Å². The lowest BCUT2D eigenvalue weighted by Gasteiger charge is -2.20. The van der Waals surface area contributed by atoms with Crippen LogP contribution >= 0.6 is 38.5 Å². The van der Waals surface area contributed by atoms with E-state index in [1.54, 1.807) is 4.90 Å². The maximum absolute atomic E-state index is 12.9. The standard InChI is InChI=1S/C11H12BrFINO/c1-2-15(6-5-12)11(16)9-4-3-8(13)7-10(9)14/h3-4,7H,2,5-6H2,1H3. The summed E-state index contributed by atoms with van der Waals surface area (Å²) in [4.78, 5) is 13.8. The lowest BCUT2D eigenvalue weighted by atomic mass is 10.2. The minimum atomic E-state index is -0.315. The molecule has 0 fully saturated rings. The number of halogens is 3. The van der Waals surface area contributed by atoms with Crippen molar-refractivity contribution in [2.45, 2.75) is 6.92 Å². The molecule has 2 nitrogen and oxygen atoms in total. The first-order chi connectivity index (χ1) is 7.60. The summed E-state index contributed by atoms with van der Waals surface area (Å²) >= 11 is 5.29. The van der Waals surface area contributed by atoms with Gasteiger partial charge in [0.1, 0.15) is 5.82 Å². The van der Waals surface area contributed by atoms with Gasteiger partial charge < -0.3 is 4.90 Å². The van der Waals surface area contributed by atoms with Gasteiger partial charge in [0.15, 0.2) is 0 Å². The highest BCUT2D eigenvalue weighted by molar-refractivity contribution is 14.1. The largest absolute Gasteiger partial charge is 0.338 e. The van der Waals surface area contributed by atoms with Gasteiger partial charge in [-0.3, -0.25) is 4.79 Å². The van der Waals surface area contributed by atoms with Crippen LogP contribution < -0.4 is 0 Å². The number of hydrogen-bond acceptors (Lipinski definition) is 1. The van der Waals surface area contributed by atoms with E-state index < -0.39 is 0 Å². The molecule has 0 N–H and O–H groups in total. The zero-order valence-corrected chi connectivity index (χ0v) is 12.6. The molecule has 1 rings (SSSR count). The second-order valence-electron chi connectivity index (χ2n) is 3.20. The fourth-order valence-corrected chi connectivity index (χ4v) is 2.47. The van der Waals surface area contributed by atoms with Gasteiger partial charge in [0, 0.05) is 22.0 Å². The Morgan fingerprint density at radius 3 is 2.75 bits per heavy atom. The predicted molar refractivity (Wildman–Crippen MR) is 74.5 cm³/mol. The molecule has 0 unspecified atom stereocenters. The van der Waals surface area contributed by atoms with Crippen LogP contribution in [0.15, 0.2) is 18.2 Å². The number of carbonyl (C=O) groups is 1. The summed E-state index contributed by atoms with van der Waals surface area (Å²) in [6.45, 7) is 3.23. The molecule has 1 amide bonds. The molecule has 88 valence electrons. The molecule has 0 bridgehead atoms. The Hall–Kier alpha value is -0.170. The molecule has 0 aliphatic carbocycles. The van der Waals surface area contributed by atoms with Crippen LogP contribution in [0, 0.1) is 9.39 Å². The van der Waals surface area contributed by atoms with Crippen molar-refractivity contribution in [3.05, 3.63) is 33.1 Å². The van der Waals surface area contributed by atoms with E-state index in [1.165, 1.54) is 18.2 Å². The van der Waals surface area contributed by atoms with E-state index >= 15 is 0 Å². The van der Waals surface area contributed by atoms with Crippen LogP contribution in [-0.2, 0) is 0 Å². The number of nitrogens with zero attached hydrogens (tertiary/aromatic N) is 1. The molecule has 16 heavy (non-hydrogen) atoms. The number of amides is 1. The zero-order chi connectivity index (χ0) is 12.1. The summed E-state index contributed by atoms with van der Waals surface area (Å²) in [5.41, 5.74) is 0.560. The van der Waals surface area contributed by atoms with Crippen molar-refractivity contribution in [3.8, 4) is 0 Å². The highest BCUT2D eigenvalue weighted by atomic mass is 127.